The van der Waals surface area contributed by atoms with Crippen LogP contribution in [0.3, 0.4) is 0 Å². The fourth-order valence-corrected chi connectivity index (χ4v) is 12.8. The topological polar surface area (TPSA) is 22.2 Å². The Morgan fingerprint density at radius 3 is 1.90 bits per heavy atom. The van der Waals surface area contributed by atoms with Crippen molar-refractivity contribution in [2.75, 3.05) is 26.3 Å². The predicted octanol–water partition coefficient (Wildman–Crippen LogP) is 8.79. The van der Waals surface area contributed by atoms with Gasteiger partial charge >= 0.3 is 302 Å². The Hall–Kier alpha value is -5.25. The van der Waals surface area contributed by atoms with Crippen LogP contribution in [0.2, 0.25) is 0 Å². The Bertz CT molecular complexity index is 2480. The molecule has 6 aromatic carbocycles. The number of anilines is 4. The van der Waals surface area contributed by atoms with Gasteiger partial charge in [-0.3, -0.25) is 0 Å². The molecular formula is C44H32N4OPt-2. The fraction of sp³-hybridized carbons (Fsp3) is 0.136. The summed E-state index contributed by atoms with van der Waals surface area (Å²) in [4.78, 5) is 10.5. The third kappa shape index (κ3) is 3.51. The quantitative estimate of drug-likeness (QED) is 0.143. The van der Waals surface area contributed by atoms with E-state index in [4.69, 9.17) is 4.74 Å². The van der Waals surface area contributed by atoms with E-state index in [0.29, 0.717) is 11.5 Å². The summed E-state index contributed by atoms with van der Waals surface area (Å²) in [5.74, 6) is 1.37. The number of fused-ring (bicyclic) bond motifs is 17. The molecular weight excluding hydrogens is 796 g/mol. The second kappa shape index (κ2) is 9.93. The van der Waals surface area contributed by atoms with Gasteiger partial charge in [-0.1, -0.05) is 0 Å². The van der Waals surface area contributed by atoms with Crippen LogP contribution in [0.25, 0.3) is 11.1 Å². The Kier molecular flexibility index (Phi) is 5.67. The first-order valence-corrected chi connectivity index (χ1v) is 19.3. The van der Waals surface area contributed by atoms with Crippen LogP contribution in [-0.2, 0) is 28.7 Å². The summed E-state index contributed by atoms with van der Waals surface area (Å²) < 4.78 is 9.46. The summed E-state index contributed by atoms with van der Waals surface area (Å²) in [6.07, 6.45) is 0. The van der Waals surface area contributed by atoms with Gasteiger partial charge in [0.25, 0.3) is 0 Å². The molecule has 0 atom stereocenters. The van der Waals surface area contributed by atoms with E-state index in [1.165, 1.54) is 58.9 Å². The van der Waals surface area contributed by atoms with Gasteiger partial charge in [-0.25, -0.2) is 0 Å². The van der Waals surface area contributed by atoms with E-state index < -0.39 is 28.7 Å². The summed E-state index contributed by atoms with van der Waals surface area (Å²) in [5, 5.41) is 0. The number of hydrogen-bond donors (Lipinski definition) is 0. The number of para-hydroxylation sites is 3. The predicted molar refractivity (Wildman–Crippen MR) is 198 cm³/mol. The number of rotatable bonds is 0. The number of nitrogens with zero attached hydrogens (tertiary/aromatic N) is 4. The third-order valence-electron chi connectivity index (χ3n) is 10.9. The standard InChI is InChI=1S/C44H32N4O.Pt/c1-30-13-10-24-41-42(30)46-27-45-28-48(40-23-9-8-22-39(40)45)44(37-20-6-4-18-35(37)36-19-5-7-21-38(36)44)32-15-12-17-34(26-32)49-33-16-11-14-31(25-33)43(2,3)47(41)29-46;/h4-24H,27H2,1-3H3;/q-2;. The van der Waals surface area contributed by atoms with E-state index in [9.17, 15) is 0 Å². The van der Waals surface area contributed by atoms with E-state index >= 15 is 0 Å². The maximum absolute atomic E-state index is 6.71. The van der Waals surface area contributed by atoms with Crippen molar-refractivity contribution in [3.8, 4) is 22.6 Å². The van der Waals surface area contributed by atoms with Crippen LogP contribution < -0.4 is 24.3 Å². The second-order valence-electron chi connectivity index (χ2n) is 14.0. The molecule has 4 aliphatic heterocycles. The molecule has 1 aliphatic carbocycles. The van der Waals surface area contributed by atoms with E-state index in [-0.39, 0.29) is 0 Å². The molecule has 5 nitrogen and oxygen atoms in total. The first-order valence-electron chi connectivity index (χ1n) is 17.1. The molecule has 11 rings (SSSR count). The first kappa shape index (κ1) is 28.6. The number of hydrogen-bond acceptors (Lipinski definition) is 5. The molecule has 246 valence electrons. The minimum atomic E-state index is -0.774. The zero-order valence-corrected chi connectivity index (χ0v) is 30.1. The van der Waals surface area contributed by atoms with Gasteiger partial charge < -0.3 is 0 Å². The van der Waals surface area contributed by atoms with Gasteiger partial charge in [0.05, 0.1) is 0 Å². The summed E-state index contributed by atoms with van der Waals surface area (Å²) >= 11 is -0.774. The normalized spacial score (nSPS) is 18.1. The number of ether oxygens (including phenoxy) is 1. The molecule has 50 heavy (non-hydrogen) atoms. The zero-order chi connectivity index (χ0) is 33.4. The molecule has 0 unspecified atom stereocenters. The SMILES string of the molecule is Cc1cccc2c1N1CN3[C]4=[Pt]=[C]1N2C(C)(C)c1[c-]c(ccc1)Oc1[c-]c(ccc1)C1(c2ccccc2-c2ccccc21)N4c1ccccc13. The minimum absolute atomic E-state index is 0.412. The van der Waals surface area contributed by atoms with Crippen LogP contribution in [0.4, 0.5) is 22.7 Å². The number of aryl methyl sites for hydroxylation is 1. The van der Waals surface area contributed by atoms with Crippen molar-refractivity contribution in [2.45, 2.75) is 31.8 Å². The molecule has 0 amide bonds. The Balaban J connectivity index is 1.34. The van der Waals surface area contributed by atoms with Crippen molar-refractivity contribution < 1.29 is 22.4 Å². The monoisotopic (exact) mass is 827 g/mol. The molecule has 0 saturated heterocycles. The molecule has 0 N–H and O–H groups in total. The van der Waals surface area contributed by atoms with Crippen LogP contribution in [-0.4, -0.2) is 15.0 Å². The molecule has 1 spiro atoms. The van der Waals surface area contributed by atoms with Gasteiger partial charge in [-0.2, -0.15) is 0 Å². The van der Waals surface area contributed by atoms with Gasteiger partial charge in [-0.05, 0) is 0 Å². The first-order chi connectivity index (χ1) is 24.5. The second-order valence-corrected chi connectivity index (χ2v) is 16.6. The summed E-state index contributed by atoms with van der Waals surface area (Å²) in [7, 11) is 0. The Labute approximate surface area is 300 Å². The molecule has 0 radical (unpaired) electrons. The Morgan fingerprint density at radius 2 is 1.16 bits per heavy atom. The molecule has 4 heterocycles. The van der Waals surface area contributed by atoms with Gasteiger partial charge in [0.15, 0.2) is 0 Å². The average Bonchev–Trinajstić information content (AvgIpc) is 3.75. The number of benzene rings is 6. The fourth-order valence-electron chi connectivity index (χ4n) is 8.78. The van der Waals surface area contributed by atoms with Gasteiger partial charge in [0, 0.05) is 0 Å². The van der Waals surface area contributed by atoms with E-state index in [1.54, 1.807) is 0 Å². The summed E-state index contributed by atoms with van der Waals surface area (Å²) in [6.45, 7) is 7.65. The van der Waals surface area contributed by atoms with Crippen molar-refractivity contribution in [2.24, 2.45) is 0 Å². The van der Waals surface area contributed by atoms with Gasteiger partial charge in [0.1, 0.15) is 0 Å². The van der Waals surface area contributed by atoms with Crippen LogP contribution in [0, 0.1) is 19.1 Å². The average molecular weight is 828 g/mol. The van der Waals surface area contributed by atoms with Gasteiger partial charge in [-0.15, -0.1) is 0 Å². The van der Waals surface area contributed by atoms with Crippen molar-refractivity contribution in [1.29, 1.82) is 0 Å². The molecule has 5 aliphatic rings. The van der Waals surface area contributed by atoms with Crippen LogP contribution in [0.5, 0.6) is 11.5 Å². The van der Waals surface area contributed by atoms with Crippen LogP contribution >= 0.6 is 0 Å². The zero-order valence-electron chi connectivity index (χ0n) is 27.8. The van der Waals surface area contributed by atoms with Crippen molar-refractivity contribution >= 4 is 31.0 Å². The van der Waals surface area contributed by atoms with Crippen molar-refractivity contribution in [3.05, 3.63) is 167 Å². The molecule has 6 bridgehead atoms. The van der Waals surface area contributed by atoms with Crippen LogP contribution in [0.1, 0.15) is 41.7 Å². The van der Waals surface area contributed by atoms with E-state index in [1.807, 2.05) is 12.1 Å². The Morgan fingerprint density at radius 1 is 0.580 bits per heavy atom. The summed E-state index contributed by atoms with van der Waals surface area (Å²) in [5.41, 5.74) is 12.4. The molecule has 0 aromatic heterocycles. The van der Waals surface area contributed by atoms with E-state index in [0.717, 1.165) is 17.8 Å². The summed E-state index contributed by atoms with van der Waals surface area (Å²) in [6, 6.07) is 53.9. The van der Waals surface area contributed by atoms with Crippen molar-refractivity contribution in [1.82, 2.24) is 0 Å². The third-order valence-corrected chi connectivity index (χ3v) is 14.2. The molecule has 6 aromatic rings. The van der Waals surface area contributed by atoms with Gasteiger partial charge in [0.2, 0.25) is 0 Å². The maximum atomic E-state index is 6.71. The molecule has 6 heteroatoms. The molecule has 0 saturated carbocycles. The van der Waals surface area contributed by atoms with E-state index in [2.05, 4.69) is 168 Å². The van der Waals surface area contributed by atoms with Crippen molar-refractivity contribution in [3.63, 3.8) is 0 Å². The molecule has 0 fully saturated rings. The van der Waals surface area contributed by atoms with Crippen LogP contribution in [0.15, 0.2) is 127 Å².